The third-order valence-electron chi connectivity index (χ3n) is 5.51. The highest BCUT2D eigenvalue weighted by Crippen LogP contribution is 2.46. The Morgan fingerprint density at radius 3 is 2.20 bits per heavy atom. The fraction of sp³-hybridized carbons (Fsp3) is 0.409. The molecular formula is C22H25BrO2. The fourth-order valence-corrected chi connectivity index (χ4v) is 4.25. The number of fused-ring (bicyclic) bond motifs is 1. The van der Waals surface area contributed by atoms with Crippen LogP contribution in [0.1, 0.15) is 62.0 Å². The van der Waals surface area contributed by atoms with Crippen LogP contribution in [0.25, 0.3) is 11.1 Å². The third kappa shape index (κ3) is 3.39. The second-order valence-corrected chi connectivity index (χ2v) is 9.16. The van der Waals surface area contributed by atoms with Crippen LogP contribution >= 0.6 is 15.9 Å². The molecule has 0 aliphatic heterocycles. The summed E-state index contributed by atoms with van der Waals surface area (Å²) in [7, 11) is 1.41. The number of benzene rings is 2. The van der Waals surface area contributed by atoms with Gasteiger partial charge in [-0.3, -0.25) is 0 Å². The van der Waals surface area contributed by atoms with E-state index in [0.29, 0.717) is 5.56 Å². The topological polar surface area (TPSA) is 26.3 Å². The highest BCUT2D eigenvalue weighted by Gasteiger charge is 2.36. The third-order valence-corrected chi connectivity index (χ3v) is 5.96. The molecular weight excluding hydrogens is 376 g/mol. The second kappa shape index (κ2) is 6.28. The van der Waals surface area contributed by atoms with Crippen LogP contribution in [-0.2, 0) is 15.6 Å². The van der Waals surface area contributed by atoms with Crippen LogP contribution in [0.3, 0.4) is 0 Å². The van der Waals surface area contributed by atoms with E-state index < -0.39 is 0 Å². The van der Waals surface area contributed by atoms with E-state index in [1.165, 1.54) is 31.1 Å². The molecule has 0 fully saturated rings. The number of ether oxygens (including phenoxy) is 1. The molecule has 0 atom stereocenters. The Bertz CT molecular complexity index is 834. The minimum atomic E-state index is -0.318. The highest BCUT2D eigenvalue weighted by atomic mass is 79.9. The molecule has 0 heterocycles. The number of hydrogen-bond acceptors (Lipinski definition) is 2. The molecule has 132 valence electrons. The summed E-state index contributed by atoms with van der Waals surface area (Å²) in [6.07, 6.45) is 2.39. The average molecular weight is 401 g/mol. The van der Waals surface area contributed by atoms with E-state index in [9.17, 15) is 4.79 Å². The number of esters is 1. The zero-order valence-electron chi connectivity index (χ0n) is 15.6. The number of halogens is 1. The number of hydrogen-bond donors (Lipinski definition) is 0. The van der Waals surface area contributed by atoms with Crippen molar-refractivity contribution in [3.8, 4) is 11.1 Å². The second-order valence-electron chi connectivity index (χ2n) is 8.25. The van der Waals surface area contributed by atoms with Crippen LogP contribution in [0.15, 0.2) is 40.9 Å². The van der Waals surface area contributed by atoms with Gasteiger partial charge in [0.1, 0.15) is 0 Å². The van der Waals surface area contributed by atoms with Gasteiger partial charge in [0.25, 0.3) is 0 Å². The molecule has 0 unspecified atom stereocenters. The summed E-state index contributed by atoms with van der Waals surface area (Å²) in [6.45, 7) is 9.31. The summed E-state index contributed by atoms with van der Waals surface area (Å²) < 4.78 is 5.75. The average Bonchev–Trinajstić information content (AvgIpc) is 2.57. The van der Waals surface area contributed by atoms with Crippen molar-refractivity contribution in [2.24, 2.45) is 0 Å². The van der Waals surface area contributed by atoms with Gasteiger partial charge >= 0.3 is 5.97 Å². The molecule has 3 rings (SSSR count). The monoisotopic (exact) mass is 400 g/mol. The number of rotatable bonds is 2. The Hall–Kier alpha value is -1.61. The van der Waals surface area contributed by atoms with Gasteiger partial charge in [-0.1, -0.05) is 61.8 Å². The van der Waals surface area contributed by atoms with Crippen LogP contribution in [0.4, 0.5) is 0 Å². The van der Waals surface area contributed by atoms with E-state index in [-0.39, 0.29) is 16.8 Å². The first-order valence-electron chi connectivity index (χ1n) is 8.68. The van der Waals surface area contributed by atoms with Gasteiger partial charge in [-0.2, -0.15) is 0 Å². The summed E-state index contributed by atoms with van der Waals surface area (Å²) in [5.41, 5.74) is 5.95. The van der Waals surface area contributed by atoms with E-state index in [0.717, 1.165) is 15.6 Å². The van der Waals surface area contributed by atoms with Crippen LogP contribution in [0.5, 0.6) is 0 Å². The van der Waals surface area contributed by atoms with E-state index in [2.05, 4.69) is 67.9 Å². The van der Waals surface area contributed by atoms with Gasteiger partial charge in [0, 0.05) is 4.47 Å². The quantitative estimate of drug-likeness (QED) is 0.556. The summed E-state index contributed by atoms with van der Waals surface area (Å²) in [5, 5.41) is 0. The molecule has 0 amide bonds. The Labute approximate surface area is 158 Å². The first-order chi connectivity index (χ1) is 11.6. The summed E-state index contributed by atoms with van der Waals surface area (Å²) >= 11 is 3.52. The maximum absolute atomic E-state index is 11.9. The maximum atomic E-state index is 11.9. The zero-order chi connectivity index (χ0) is 18.4. The summed E-state index contributed by atoms with van der Waals surface area (Å²) in [5.74, 6) is -0.318. The molecule has 3 heteroatoms. The van der Waals surface area contributed by atoms with Crippen LogP contribution in [0, 0.1) is 0 Å². The standard InChI is InChI=1S/C22H25BrO2/c1-21(2)8-9-22(3,4)19-13-14(6-7-18(19)21)15-10-16(20(24)25-5)12-17(23)11-15/h6-7,10-13H,8-9H2,1-5H3. The van der Waals surface area contributed by atoms with E-state index in [1.54, 1.807) is 6.07 Å². The predicted molar refractivity (Wildman–Crippen MR) is 106 cm³/mol. The van der Waals surface area contributed by atoms with Crippen molar-refractivity contribution in [2.45, 2.75) is 51.4 Å². The Kier molecular flexibility index (Phi) is 4.57. The Morgan fingerprint density at radius 2 is 1.56 bits per heavy atom. The van der Waals surface area contributed by atoms with Crippen molar-refractivity contribution in [3.05, 3.63) is 57.6 Å². The normalized spacial score (nSPS) is 17.7. The highest BCUT2D eigenvalue weighted by molar-refractivity contribution is 9.10. The molecule has 0 aromatic heterocycles. The number of methoxy groups -OCH3 is 1. The lowest BCUT2D eigenvalue weighted by Gasteiger charge is -2.42. The van der Waals surface area contributed by atoms with Gasteiger partial charge in [-0.15, -0.1) is 0 Å². The molecule has 0 radical (unpaired) electrons. The number of carbonyl (C=O) groups is 1. The SMILES string of the molecule is COC(=O)c1cc(Br)cc(-c2ccc3c(c2)C(C)(C)CCC3(C)C)c1. The molecule has 1 aliphatic carbocycles. The van der Waals surface area contributed by atoms with E-state index >= 15 is 0 Å². The van der Waals surface area contributed by atoms with Gasteiger partial charge in [0.05, 0.1) is 12.7 Å². The lowest BCUT2D eigenvalue weighted by Crippen LogP contribution is -2.33. The molecule has 2 aromatic rings. The van der Waals surface area contributed by atoms with Crippen LogP contribution in [-0.4, -0.2) is 13.1 Å². The Morgan fingerprint density at radius 1 is 0.920 bits per heavy atom. The molecule has 2 aromatic carbocycles. The molecule has 1 aliphatic rings. The maximum Gasteiger partial charge on any atom is 0.337 e. The van der Waals surface area contributed by atoms with Crippen molar-refractivity contribution < 1.29 is 9.53 Å². The summed E-state index contributed by atoms with van der Waals surface area (Å²) in [4.78, 5) is 11.9. The van der Waals surface area contributed by atoms with Gasteiger partial charge in [-0.25, -0.2) is 4.79 Å². The lowest BCUT2D eigenvalue weighted by atomic mass is 9.63. The minimum absolute atomic E-state index is 0.165. The smallest absolute Gasteiger partial charge is 0.337 e. The van der Waals surface area contributed by atoms with Crippen molar-refractivity contribution in [3.63, 3.8) is 0 Å². The molecule has 25 heavy (non-hydrogen) atoms. The lowest BCUT2D eigenvalue weighted by molar-refractivity contribution is 0.0600. The predicted octanol–water partition coefficient (Wildman–Crippen LogP) is 6.25. The zero-order valence-corrected chi connectivity index (χ0v) is 17.2. The van der Waals surface area contributed by atoms with Crippen LogP contribution < -0.4 is 0 Å². The van der Waals surface area contributed by atoms with Gasteiger partial charge in [0.2, 0.25) is 0 Å². The number of carbonyl (C=O) groups excluding carboxylic acids is 1. The first kappa shape index (κ1) is 18.2. The fourth-order valence-electron chi connectivity index (χ4n) is 3.76. The van der Waals surface area contributed by atoms with Gasteiger partial charge in [-0.05, 0) is 64.1 Å². The molecule has 0 saturated heterocycles. The van der Waals surface area contributed by atoms with E-state index in [4.69, 9.17) is 4.74 Å². The molecule has 0 bridgehead atoms. The van der Waals surface area contributed by atoms with E-state index in [1.807, 2.05) is 6.07 Å². The van der Waals surface area contributed by atoms with Crippen molar-refractivity contribution in [1.82, 2.24) is 0 Å². The van der Waals surface area contributed by atoms with Crippen molar-refractivity contribution in [1.29, 1.82) is 0 Å². The molecule has 0 spiro atoms. The first-order valence-corrected chi connectivity index (χ1v) is 9.48. The van der Waals surface area contributed by atoms with Gasteiger partial charge in [0.15, 0.2) is 0 Å². The van der Waals surface area contributed by atoms with Crippen molar-refractivity contribution >= 4 is 21.9 Å². The molecule has 0 N–H and O–H groups in total. The van der Waals surface area contributed by atoms with Gasteiger partial charge < -0.3 is 4.74 Å². The molecule has 0 saturated carbocycles. The summed E-state index contributed by atoms with van der Waals surface area (Å²) in [6, 6.07) is 12.5. The molecule has 2 nitrogen and oxygen atoms in total. The Balaban J connectivity index is 2.15. The van der Waals surface area contributed by atoms with Crippen LogP contribution in [0.2, 0.25) is 0 Å². The minimum Gasteiger partial charge on any atom is -0.465 e. The largest absolute Gasteiger partial charge is 0.465 e. The van der Waals surface area contributed by atoms with Crippen molar-refractivity contribution in [2.75, 3.05) is 7.11 Å².